The number of carbonyl (C=O) groups is 1. The van der Waals surface area contributed by atoms with E-state index in [9.17, 15) is 4.79 Å². The number of aryl methyl sites for hydroxylation is 1. The highest BCUT2D eigenvalue weighted by Crippen LogP contribution is 2.23. The number of benzene rings is 2. The Morgan fingerprint density at radius 2 is 1.82 bits per heavy atom. The molecule has 116 valence electrons. The van der Waals surface area contributed by atoms with Crippen LogP contribution >= 0.6 is 15.9 Å². The molecule has 0 saturated carbocycles. The first kappa shape index (κ1) is 16.4. The molecule has 2 rings (SSSR count). The summed E-state index contributed by atoms with van der Waals surface area (Å²) in [5.74, 6) is 0. The summed E-state index contributed by atoms with van der Waals surface area (Å²) in [5, 5.41) is 5.69. The van der Waals surface area contributed by atoms with Gasteiger partial charge in [-0.1, -0.05) is 18.2 Å². The van der Waals surface area contributed by atoms with Crippen molar-refractivity contribution in [1.82, 2.24) is 5.32 Å². The minimum atomic E-state index is -0.221. The van der Waals surface area contributed by atoms with Gasteiger partial charge in [-0.25, -0.2) is 4.79 Å². The van der Waals surface area contributed by atoms with Crippen molar-refractivity contribution in [3.63, 3.8) is 0 Å². The van der Waals surface area contributed by atoms with Gasteiger partial charge in [0.05, 0.1) is 5.69 Å². The highest BCUT2D eigenvalue weighted by Gasteiger charge is 2.05. The molecule has 4 nitrogen and oxygen atoms in total. The summed E-state index contributed by atoms with van der Waals surface area (Å²) in [6.07, 6.45) is 0. The quantitative estimate of drug-likeness (QED) is 0.859. The summed E-state index contributed by atoms with van der Waals surface area (Å²) < 4.78 is 0.873. The van der Waals surface area contributed by atoms with Crippen molar-refractivity contribution < 1.29 is 4.79 Å². The number of rotatable bonds is 4. The number of hydrogen-bond donors (Lipinski definition) is 2. The molecular weight excluding hydrogens is 342 g/mol. The third-order valence-electron chi connectivity index (χ3n) is 3.28. The van der Waals surface area contributed by atoms with Gasteiger partial charge in [-0.15, -0.1) is 0 Å². The molecule has 2 N–H and O–H groups in total. The van der Waals surface area contributed by atoms with E-state index in [1.54, 1.807) is 0 Å². The Kier molecular flexibility index (Phi) is 5.44. The Morgan fingerprint density at radius 3 is 2.41 bits per heavy atom. The van der Waals surface area contributed by atoms with Gasteiger partial charge in [-0.2, -0.15) is 0 Å². The average molecular weight is 362 g/mol. The Balaban J connectivity index is 1.89. The second kappa shape index (κ2) is 7.31. The van der Waals surface area contributed by atoms with Crippen molar-refractivity contribution in [2.75, 3.05) is 24.3 Å². The van der Waals surface area contributed by atoms with E-state index in [1.807, 2.05) is 68.4 Å². The SMILES string of the molecule is Cc1ccc(NC(=O)NCc2ccc(N(C)C)cc2)c(Br)c1. The van der Waals surface area contributed by atoms with E-state index in [0.29, 0.717) is 6.54 Å². The monoisotopic (exact) mass is 361 g/mol. The third kappa shape index (κ3) is 4.49. The number of nitrogens with one attached hydrogen (secondary N) is 2. The molecule has 2 aromatic carbocycles. The lowest BCUT2D eigenvalue weighted by molar-refractivity contribution is 0.251. The van der Waals surface area contributed by atoms with Crippen molar-refractivity contribution in [2.45, 2.75) is 13.5 Å². The predicted octanol–water partition coefficient (Wildman–Crippen LogP) is 4.15. The van der Waals surface area contributed by atoms with Crippen LogP contribution in [0.4, 0.5) is 16.2 Å². The molecule has 22 heavy (non-hydrogen) atoms. The van der Waals surface area contributed by atoms with Crippen LogP contribution in [0.1, 0.15) is 11.1 Å². The topological polar surface area (TPSA) is 44.4 Å². The molecule has 0 aliphatic heterocycles. The molecule has 0 aromatic heterocycles. The molecule has 0 fully saturated rings. The molecule has 0 saturated heterocycles. The van der Waals surface area contributed by atoms with Gasteiger partial charge in [0.15, 0.2) is 0 Å². The maximum Gasteiger partial charge on any atom is 0.319 e. The van der Waals surface area contributed by atoms with E-state index in [4.69, 9.17) is 0 Å². The van der Waals surface area contributed by atoms with Crippen molar-refractivity contribution in [2.24, 2.45) is 0 Å². The van der Waals surface area contributed by atoms with Gasteiger partial charge >= 0.3 is 6.03 Å². The molecule has 0 spiro atoms. The average Bonchev–Trinajstić information content (AvgIpc) is 2.48. The van der Waals surface area contributed by atoms with Crippen molar-refractivity contribution in [3.8, 4) is 0 Å². The van der Waals surface area contributed by atoms with Crippen LogP contribution < -0.4 is 15.5 Å². The van der Waals surface area contributed by atoms with Crippen LogP contribution in [0.5, 0.6) is 0 Å². The molecule has 0 radical (unpaired) electrons. The number of anilines is 2. The van der Waals surface area contributed by atoms with Crippen molar-refractivity contribution >= 4 is 33.3 Å². The van der Waals surface area contributed by atoms with Gasteiger partial charge in [0.2, 0.25) is 0 Å². The zero-order valence-electron chi connectivity index (χ0n) is 13.0. The number of halogens is 1. The molecule has 0 aliphatic carbocycles. The fraction of sp³-hybridized carbons (Fsp3) is 0.235. The van der Waals surface area contributed by atoms with Crippen LogP contribution in [0.3, 0.4) is 0 Å². The minimum Gasteiger partial charge on any atom is -0.378 e. The predicted molar refractivity (Wildman–Crippen MR) is 95.5 cm³/mol. The smallest absolute Gasteiger partial charge is 0.319 e. The number of urea groups is 1. The molecule has 0 atom stereocenters. The first-order valence-corrected chi connectivity index (χ1v) is 7.82. The first-order valence-electron chi connectivity index (χ1n) is 7.03. The number of hydrogen-bond acceptors (Lipinski definition) is 2. The highest BCUT2D eigenvalue weighted by molar-refractivity contribution is 9.10. The lowest BCUT2D eigenvalue weighted by Crippen LogP contribution is -2.28. The molecule has 2 amide bonds. The minimum absolute atomic E-state index is 0.221. The van der Waals surface area contributed by atoms with Crippen molar-refractivity contribution in [3.05, 3.63) is 58.1 Å². The molecule has 5 heteroatoms. The maximum absolute atomic E-state index is 11.9. The fourth-order valence-electron chi connectivity index (χ4n) is 1.98. The van der Waals surface area contributed by atoms with E-state index >= 15 is 0 Å². The summed E-state index contributed by atoms with van der Waals surface area (Å²) >= 11 is 3.45. The molecule has 0 bridgehead atoms. The third-order valence-corrected chi connectivity index (χ3v) is 3.93. The zero-order valence-corrected chi connectivity index (χ0v) is 14.6. The van der Waals surface area contributed by atoms with Crippen LogP contribution in [0.15, 0.2) is 46.9 Å². The van der Waals surface area contributed by atoms with E-state index < -0.39 is 0 Å². The van der Waals surface area contributed by atoms with Crippen LogP contribution in [-0.2, 0) is 6.54 Å². The normalized spacial score (nSPS) is 10.2. The number of amides is 2. The summed E-state index contributed by atoms with van der Waals surface area (Å²) in [4.78, 5) is 14.0. The molecule has 0 aliphatic rings. The first-order chi connectivity index (χ1) is 10.5. The van der Waals surface area contributed by atoms with E-state index in [2.05, 4.69) is 26.6 Å². The van der Waals surface area contributed by atoms with Gasteiger partial charge in [0.25, 0.3) is 0 Å². The van der Waals surface area contributed by atoms with Gasteiger partial charge in [0, 0.05) is 30.8 Å². The fourth-order valence-corrected chi connectivity index (χ4v) is 2.57. The number of carbonyl (C=O) groups excluding carboxylic acids is 1. The van der Waals surface area contributed by atoms with E-state index in [0.717, 1.165) is 27.0 Å². The Morgan fingerprint density at radius 1 is 1.14 bits per heavy atom. The van der Waals surface area contributed by atoms with Crippen LogP contribution in [-0.4, -0.2) is 20.1 Å². The lowest BCUT2D eigenvalue weighted by Gasteiger charge is -2.13. The summed E-state index contributed by atoms with van der Waals surface area (Å²) in [7, 11) is 4.00. The summed E-state index contributed by atoms with van der Waals surface area (Å²) in [6.45, 7) is 2.50. The van der Waals surface area contributed by atoms with E-state index in [-0.39, 0.29) is 6.03 Å². The van der Waals surface area contributed by atoms with Gasteiger partial charge in [-0.3, -0.25) is 0 Å². The van der Waals surface area contributed by atoms with Crippen LogP contribution in [0.25, 0.3) is 0 Å². The van der Waals surface area contributed by atoms with Crippen LogP contribution in [0.2, 0.25) is 0 Å². The zero-order chi connectivity index (χ0) is 16.1. The molecule has 2 aromatic rings. The standard InChI is InChI=1S/C17H20BrN3O/c1-12-4-9-16(15(18)10-12)20-17(22)19-11-13-5-7-14(8-6-13)21(2)3/h4-10H,11H2,1-3H3,(H2,19,20,22). The summed E-state index contributed by atoms with van der Waals surface area (Å²) in [5.41, 5.74) is 4.09. The lowest BCUT2D eigenvalue weighted by atomic mass is 10.2. The van der Waals surface area contributed by atoms with Crippen molar-refractivity contribution in [1.29, 1.82) is 0 Å². The summed E-state index contributed by atoms with van der Waals surface area (Å²) in [6, 6.07) is 13.7. The Hall–Kier alpha value is -2.01. The molecule has 0 heterocycles. The largest absolute Gasteiger partial charge is 0.378 e. The molecular formula is C17H20BrN3O. The number of nitrogens with zero attached hydrogens (tertiary/aromatic N) is 1. The maximum atomic E-state index is 11.9. The van der Waals surface area contributed by atoms with Crippen LogP contribution in [0, 0.1) is 6.92 Å². The van der Waals surface area contributed by atoms with Gasteiger partial charge in [0.1, 0.15) is 0 Å². The van der Waals surface area contributed by atoms with Gasteiger partial charge < -0.3 is 15.5 Å². The Labute approximate surface area is 139 Å². The second-order valence-corrected chi connectivity index (χ2v) is 6.21. The Bertz CT molecular complexity index is 653. The second-order valence-electron chi connectivity index (χ2n) is 5.35. The van der Waals surface area contributed by atoms with Gasteiger partial charge in [-0.05, 0) is 58.2 Å². The highest BCUT2D eigenvalue weighted by atomic mass is 79.9. The molecule has 0 unspecified atom stereocenters. The van der Waals surface area contributed by atoms with E-state index in [1.165, 1.54) is 0 Å².